The quantitative estimate of drug-likeness (QED) is 0.842. The topological polar surface area (TPSA) is 46.3 Å². The van der Waals surface area contributed by atoms with E-state index in [1.165, 1.54) is 0 Å². The Balaban J connectivity index is 0.00000256. The summed E-state index contributed by atoms with van der Waals surface area (Å²) in [6, 6.07) is 7.10. The molecule has 0 saturated carbocycles. The van der Waals surface area contributed by atoms with Crippen LogP contribution in [-0.4, -0.2) is 24.4 Å². The number of amides is 1. The molecule has 96 valence electrons. The number of benzene rings is 1. The molecule has 0 aromatic heterocycles. The van der Waals surface area contributed by atoms with Gasteiger partial charge in [-0.1, -0.05) is 26.3 Å². The zero-order valence-corrected chi connectivity index (χ0v) is 11.5. The summed E-state index contributed by atoms with van der Waals surface area (Å²) in [4.78, 5) is 13.8. The monoisotopic (exact) mass is 256 g/mol. The second-order valence-electron chi connectivity index (χ2n) is 4.32. The Morgan fingerprint density at radius 1 is 1.47 bits per heavy atom. The predicted molar refractivity (Wildman–Crippen MR) is 74.5 cm³/mol. The number of anilines is 1. The smallest absolute Gasteiger partial charge is 0.253 e. The predicted octanol–water partition coefficient (Wildman–Crippen LogP) is 2.81. The van der Waals surface area contributed by atoms with Crippen molar-refractivity contribution in [2.45, 2.75) is 20.3 Å². The van der Waals surface area contributed by atoms with Crippen LogP contribution in [-0.2, 0) is 0 Å². The summed E-state index contributed by atoms with van der Waals surface area (Å²) in [6.45, 7) is 5.05. The standard InChI is InChI=1S/C13H20N2O.ClH/c1-4-10(2)9-15(3)13(16)11-6-5-7-12(14)8-11;/h5-8,10H,4,9,14H2,1-3H3;1H. The molecule has 3 nitrogen and oxygen atoms in total. The largest absolute Gasteiger partial charge is 0.399 e. The van der Waals surface area contributed by atoms with Crippen molar-refractivity contribution in [2.75, 3.05) is 19.3 Å². The fourth-order valence-electron chi connectivity index (χ4n) is 1.57. The Bertz CT molecular complexity index is 368. The van der Waals surface area contributed by atoms with Gasteiger partial charge in [-0.3, -0.25) is 4.79 Å². The molecule has 0 saturated heterocycles. The van der Waals surface area contributed by atoms with Crippen molar-refractivity contribution >= 4 is 24.0 Å². The van der Waals surface area contributed by atoms with E-state index in [-0.39, 0.29) is 18.3 Å². The number of halogens is 1. The third-order valence-electron chi connectivity index (χ3n) is 2.76. The first-order chi connectivity index (χ1) is 7.54. The Morgan fingerprint density at radius 2 is 2.12 bits per heavy atom. The van der Waals surface area contributed by atoms with Crippen molar-refractivity contribution in [3.63, 3.8) is 0 Å². The van der Waals surface area contributed by atoms with Gasteiger partial charge in [0.15, 0.2) is 0 Å². The number of hydrogen-bond acceptors (Lipinski definition) is 2. The number of nitrogens with two attached hydrogens (primary N) is 1. The average Bonchev–Trinajstić information content (AvgIpc) is 2.27. The van der Waals surface area contributed by atoms with Crippen molar-refractivity contribution in [1.29, 1.82) is 0 Å². The number of hydrogen-bond donors (Lipinski definition) is 1. The van der Waals surface area contributed by atoms with Crippen LogP contribution in [0.3, 0.4) is 0 Å². The minimum absolute atomic E-state index is 0. The van der Waals surface area contributed by atoms with Gasteiger partial charge in [-0.25, -0.2) is 0 Å². The molecule has 1 aromatic rings. The first-order valence-corrected chi connectivity index (χ1v) is 5.65. The van der Waals surface area contributed by atoms with E-state index in [0.717, 1.165) is 13.0 Å². The molecule has 0 spiro atoms. The van der Waals surface area contributed by atoms with Crippen molar-refractivity contribution < 1.29 is 4.79 Å². The number of carbonyl (C=O) groups is 1. The lowest BCUT2D eigenvalue weighted by Crippen LogP contribution is -2.30. The SMILES string of the molecule is CCC(C)CN(C)C(=O)c1cccc(N)c1.Cl. The highest BCUT2D eigenvalue weighted by molar-refractivity contribution is 5.94. The van der Waals surface area contributed by atoms with E-state index in [1.54, 1.807) is 29.2 Å². The Labute approximate surface area is 109 Å². The van der Waals surface area contributed by atoms with E-state index < -0.39 is 0 Å². The van der Waals surface area contributed by atoms with E-state index in [1.807, 2.05) is 7.05 Å². The molecule has 1 unspecified atom stereocenters. The van der Waals surface area contributed by atoms with Crippen LogP contribution >= 0.6 is 12.4 Å². The zero-order valence-electron chi connectivity index (χ0n) is 10.6. The summed E-state index contributed by atoms with van der Waals surface area (Å²) in [6.07, 6.45) is 1.08. The van der Waals surface area contributed by atoms with Crippen LogP contribution in [0.2, 0.25) is 0 Å². The Hall–Kier alpha value is -1.22. The van der Waals surface area contributed by atoms with Gasteiger partial charge in [0.05, 0.1) is 0 Å². The normalized spacial score (nSPS) is 11.5. The Kier molecular flexibility index (Phi) is 6.66. The molecule has 1 amide bonds. The van der Waals surface area contributed by atoms with Crippen LogP contribution in [0.15, 0.2) is 24.3 Å². The van der Waals surface area contributed by atoms with Crippen LogP contribution in [0.4, 0.5) is 5.69 Å². The highest BCUT2D eigenvalue weighted by Gasteiger charge is 2.13. The molecule has 0 radical (unpaired) electrons. The first kappa shape index (κ1) is 15.8. The van der Waals surface area contributed by atoms with Gasteiger partial charge < -0.3 is 10.6 Å². The van der Waals surface area contributed by atoms with Gasteiger partial charge in [0.2, 0.25) is 0 Å². The van der Waals surface area contributed by atoms with E-state index >= 15 is 0 Å². The van der Waals surface area contributed by atoms with E-state index in [9.17, 15) is 4.79 Å². The molecule has 0 bridgehead atoms. The van der Waals surface area contributed by atoms with Crippen LogP contribution < -0.4 is 5.73 Å². The summed E-state index contributed by atoms with van der Waals surface area (Å²) < 4.78 is 0. The van der Waals surface area contributed by atoms with Crippen LogP contribution in [0, 0.1) is 5.92 Å². The zero-order chi connectivity index (χ0) is 12.1. The average molecular weight is 257 g/mol. The van der Waals surface area contributed by atoms with Crippen molar-refractivity contribution in [1.82, 2.24) is 4.90 Å². The molecule has 0 aliphatic heterocycles. The lowest BCUT2D eigenvalue weighted by atomic mass is 10.1. The van der Waals surface area contributed by atoms with Gasteiger partial charge in [-0.05, 0) is 24.1 Å². The molecule has 4 heteroatoms. The first-order valence-electron chi connectivity index (χ1n) is 5.65. The Morgan fingerprint density at radius 3 is 2.65 bits per heavy atom. The molecule has 0 aliphatic rings. The summed E-state index contributed by atoms with van der Waals surface area (Å²) in [5.74, 6) is 0.558. The summed E-state index contributed by atoms with van der Waals surface area (Å²) in [7, 11) is 1.83. The van der Waals surface area contributed by atoms with Crippen molar-refractivity contribution in [3.8, 4) is 0 Å². The minimum atomic E-state index is 0. The van der Waals surface area contributed by atoms with Gasteiger partial charge in [0.25, 0.3) is 5.91 Å². The number of nitrogen functional groups attached to an aromatic ring is 1. The molecule has 0 aliphatic carbocycles. The van der Waals surface area contributed by atoms with Crippen molar-refractivity contribution in [3.05, 3.63) is 29.8 Å². The maximum Gasteiger partial charge on any atom is 0.253 e. The molecule has 0 fully saturated rings. The molecular formula is C13H21ClN2O. The lowest BCUT2D eigenvalue weighted by Gasteiger charge is -2.20. The highest BCUT2D eigenvalue weighted by atomic mass is 35.5. The second-order valence-corrected chi connectivity index (χ2v) is 4.32. The summed E-state index contributed by atoms with van der Waals surface area (Å²) >= 11 is 0. The van der Waals surface area contributed by atoms with Crippen LogP contribution in [0.5, 0.6) is 0 Å². The van der Waals surface area contributed by atoms with Gasteiger partial charge in [-0.15, -0.1) is 12.4 Å². The third kappa shape index (κ3) is 4.65. The molecular weight excluding hydrogens is 236 g/mol. The molecule has 1 rings (SSSR count). The van der Waals surface area contributed by atoms with Crippen LogP contribution in [0.1, 0.15) is 30.6 Å². The minimum Gasteiger partial charge on any atom is -0.399 e. The summed E-state index contributed by atoms with van der Waals surface area (Å²) in [5, 5.41) is 0. The molecule has 2 N–H and O–H groups in total. The fourth-order valence-corrected chi connectivity index (χ4v) is 1.57. The van der Waals surface area contributed by atoms with E-state index in [2.05, 4.69) is 13.8 Å². The summed E-state index contributed by atoms with van der Waals surface area (Å²) in [5.41, 5.74) is 6.94. The fraction of sp³-hybridized carbons (Fsp3) is 0.462. The van der Waals surface area contributed by atoms with E-state index in [0.29, 0.717) is 17.2 Å². The van der Waals surface area contributed by atoms with Crippen LogP contribution in [0.25, 0.3) is 0 Å². The number of carbonyl (C=O) groups excluding carboxylic acids is 1. The van der Waals surface area contributed by atoms with E-state index in [4.69, 9.17) is 5.73 Å². The lowest BCUT2D eigenvalue weighted by molar-refractivity contribution is 0.0775. The van der Waals surface area contributed by atoms with Gasteiger partial charge in [0.1, 0.15) is 0 Å². The molecule has 1 aromatic carbocycles. The molecule has 1 atom stereocenters. The van der Waals surface area contributed by atoms with Crippen molar-refractivity contribution in [2.24, 2.45) is 5.92 Å². The molecule has 17 heavy (non-hydrogen) atoms. The number of rotatable bonds is 4. The molecule has 0 heterocycles. The van der Waals surface area contributed by atoms with Gasteiger partial charge >= 0.3 is 0 Å². The second kappa shape index (κ2) is 7.17. The van der Waals surface area contributed by atoms with Gasteiger partial charge in [-0.2, -0.15) is 0 Å². The maximum absolute atomic E-state index is 12.0. The maximum atomic E-state index is 12.0. The van der Waals surface area contributed by atoms with Gasteiger partial charge in [0, 0.05) is 24.8 Å². The number of nitrogens with zero attached hydrogens (tertiary/aromatic N) is 1. The highest BCUT2D eigenvalue weighted by Crippen LogP contribution is 2.11. The third-order valence-corrected chi connectivity index (χ3v) is 2.76.